The Bertz CT molecular complexity index is 665. The quantitative estimate of drug-likeness (QED) is 0.298. The molecule has 156 valence electrons. The van der Waals surface area contributed by atoms with E-state index in [9.17, 15) is 9.59 Å². The van der Waals surface area contributed by atoms with Crippen molar-refractivity contribution in [2.75, 3.05) is 7.11 Å². The molecule has 7 nitrogen and oxygen atoms in total. The van der Waals surface area contributed by atoms with Gasteiger partial charge in [-0.25, -0.2) is 0 Å². The van der Waals surface area contributed by atoms with Gasteiger partial charge in [-0.1, -0.05) is 67.7 Å². The molecule has 0 aliphatic heterocycles. The van der Waals surface area contributed by atoms with E-state index in [1.54, 1.807) is 30.5 Å². The van der Waals surface area contributed by atoms with Crippen LogP contribution < -0.4 is 6.15 Å². The maximum Gasteiger partial charge on any atom is 0.228 e. The molecule has 1 fully saturated rings. The second-order valence-electron chi connectivity index (χ2n) is 6.08. The largest absolute Gasteiger partial charge is 0.399 e. The van der Waals surface area contributed by atoms with Crippen LogP contribution in [0.15, 0.2) is 34.6 Å². The van der Waals surface area contributed by atoms with Crippen molar-refractivity contribution in [1.82, 2.24) is 6.15 Å². The van der Waals surface area contributed by atoms with Crippen molar-refractivity contribution in [2.24, 2.45) is 16.2 Å². The number of Topliss-reactive ketones (excluding diaryl/α,β-unsaturated/α-hetero) is 2. The average molecular weight is 392 g/mol. The van der Waals surface area contributed by atoms with Crippen molar-refractivity contribution >= 4 is 23.5 Å². The number of hydrogen-bond donors (Lipinski definition) is 1. The Morgan fingerprint density at radius 3 is 2.39 bits per heavy atom. The first-order valence-electron chi connectivity index (χ1n) is 9.53. The fourth-order valence-electron chi connectivity index (χ4n) is 2.96. The van der Waals surface area contributed by atoms with Gasteiger partial charge in [0.25, 0.3) is 0 Å². The molecule has 0 aromatic heterocycles. The standard InChI is InChI=1S/C19H24N2O4.C2H6.H3N/c1-14(22)19(23)17-11-7-6-10-16(17)13-25-20-12-18(21-24-2)15-8-4-3-5-9-15;1-2;/h6-7,10-12,15H,3-5,8-9,13H2,1-2H3;1-2H3;1H3/b20-12?,21-18-;;. The molecule has 2 rings (SSSR count). The van der Waals surface area contributed by atoms with Crippen molar-refractivity contribution in [1.29, 1.82) is 0 Å². The van der Waals surface area contributed by atoms with E-state index in [2.05, 4.69) is 10.3 Å². The number of carbonyl (C=O) groups is 2. The maximum atomic E-state index is 11.9. The van der Waals surface area contributed by atoms with Gasteiger partial charge in [0.2, 0.25) is 5.78 Å². The lowest BCUT2D eigenvalue weighted by Crippen LogP contribution is -2.19. The second-order valence-corrected chi connectivity index (χ2v) is 6.08. The van der Waals surface area contributed by atoms with Gasteiger partial charge in [-0.2, -0.15) is 0 Å². The lowest BCUT2D eigenvalue weighted by Gasteiger charge is -2.20. The Labute approximate surface area is 167 Å². The lowest BCUT2D eigenvalue weighted by molar-refractivity contribution is -0.113. The molecule has 7 heteroatoms. The van der Waals surface area contributed by atoms with Gasteiger partial charge in [0, 0.05) is 24.0 Å². The Morgan fingerprint density at radius 2 is 1.79 bits per heavy atom. The summed E-state index contributed by atoms with van der Waals surface area (Å²) in [6.07, 6.45) is 7.35. The highest BCUT2D eigenvalue weighted by Crippen LogP contribution is 2.24. The van der Waals surface area contributed by atoms with Crippen LogP contribution in [0, 0.1) is 5.92 Å². The maximum absolute atomic E-state index is 11.9. The first kappa shape index (κ1) is 25.5. The normalized spacial score (nSPS) is 14.5. The van der Waals surface area contributed by atoms with Crippen LogP contribution in [0.25, 0.3) is 0 Å². The lowest BCUT2D eigenvalue weighted by atomic mass is 9.86. The van der Waals surface area contributed by atoms with E-state index in [4.69, 9.17) is 9.68 Å². The SMILES string of the molecule is CC.CO/N=C(/C=NOCc1ccccc1C(=O)C(C)=O)C1CCCCC1.N. The van der Waals surface area contributed by atoms with Gasteiger partial charge in [0.15, 0.2) is 5.78 Å². The zero-order valence-electron chi connectivity index (χ0n) is 17.4. The summed E-state index contributed by atoms with van der Waals surface area (Å²) in [7, 11) is 1.52. The van der Waals surface area contributed by atoms with E-state index in [1.807, 2.05) is 13.8 Å². The molecular weight excluding hydrogens is 358 g/mol. The minimum Gasteiger partial charge on any atom is -0.399 e. The molecule has 0 radical (unpaired) electrons. The smallest absolute Gasteiger partial charge is 0.228 e. The van der Waals surface area contributed by atoms with Crippen molar-refractivity contribution < 1.29 is 19.3 Å². The van der Waals surface area contributed by atoms with E-state index < -0.39 is 11.6 Å². The Morgan fingerprint density at radius 1 is 1.14 bits per heavy atom. The van der Waals surface area contributed by atoms with Gasteiger partial charge in [0.05, 0.1) is 6.21 Å². The van der Waals surface area contributed by atoms with Gasteiger partial charge in [-0.15, -0.1) is 0 Å². The topological polar surface area (TPSA) is 112 Å². The van der Waals surface area contributed by atoms with Gasteiger partial charge in [-0.3, -0.25) is 9.59 Å². The van der Waals surface area contributed by atoms with Crippen LogP contribution in [0.2, 0.25) is 0 Å². The highest BCUT2D eigenvalue weighted by Gasteiger charge is 2.19. The molecule has 1 saturated carbocycles. The predicted molar refractivity (Wildman–Crippen MR) is 112 cm³/mol. The van der Waals surface area contributed by atoms with Crippen LogP contribution in [0.5, 0.6) is 0 Å². The molecule has 1 aromatic rings. The zero-order chi connectivity index (χ0) is 20.1. The molecule has 1 aliphatic carbocycles. The summed E-state index contributed by atoms with van der Waals surface area (Å²) >= 11 is 0. The highest BCUT2D eigenvalue weighted by molar-refractivity contribution is 6.43. The predicted octanol–water partition coefficient (Wildman–Crippen LogP) is 4.73. The second kappa shape index (κ2) is 14.5. The molecule has 3 N–H and O–H groups in total. The monoisotopic (exact) mass is 391 g/mol. The third-order valence-corrected chi connectivity index (χ3v) is 4.28. The van der Waals surface area contributed by atoms with E-state index >= 15 is 0 Å². The van der Waals surface area contributed by atoms with Crippen LogP contribution in [0.1, 0.15) is 68.8 Å². The Balaban J connectivity index is 0.00000235. The van der Waals surface area contributed by atoms with Crippen LogP contribution in [-0.2, 0) is 21.1 Å². The summed E-state index contributed by atoms with van der Waals surface area (Å²) in [5, 5.41) is 8.02. The summed E-state index contributed by atoms with van der Waals surface area (Å²) in [6.45, 7) is 5.37. The summed E-state index contributed by atoms with van der Waals surface area (Å²) in [6, 6.07) is 6.87. The number of nitrogens with zero attached hydrogens (tertiary/aromatic N) is 2. The summed E-state index contributed by atoms with van der Waals surface area (Å²) in [4.78, 5) is 33.5. The molecule has 0 unspecified atom stereocenters. The number of benzene rings is 1. The summed E-state index contributed by atoms with van der Waals surface area (Å²) in [5.74, 6) is -0.678. The molecule has 0 spiro atoms. The van der Waals surface area contributed by atoms with Gasteiger partial charge >= 0.3 is 0 Å². The van der Waals surface area contributed by atoms with Crippen LogP contribution in [0.3, 0.4) is 0 Å². The summed E-state index contributed by atoms with van der Waals surface area (Å²) < 4.78 is 0. The van der Waals surface area contributed by atoms with Crippen LogP contribution in [0.4, 0.5) is 0 Å². The molecule has 0 atom stereocenters. The molecule has 0 bridgehead atoms. The van der Waals surface area contributed by atoms with Gasteiger partial charge in [0.1, 0.15) is 19.4 Å². The van der Waals surface area contributed by atoms with Crippen molar-refractivity contribution in [3.05, 3.63) is 35.4 Å². The minimum atomic E-state index is -0.521. The first-order valence-corrected chi connectivity index (χ1v) is 9.53. The van der Waals surface area contributed by atoms with E-state index in [0.29, 0.717) is 17.0 Å². The molecule has 28 heavy (non-hydrogen) atoms. The number of ketones is 2. The van der Waals surface area contributed by atoms with Gasteiger partial charge in [-0.05, 0) is 12.8 Å². The Kier molecular flexibility index (Phi) is 13.2. The van der Waals surface area contributed by atoms with E-state index in [1.165, 1.54) is 33.3 Å². The van der Waals surface area contributed by atoms with Crippen LogP contribution in [-0.4, -0.2) is 30.6 Å². The minimum absolute atomic E-state index is 0. The summed E-state index contributed by atoms with van der Waals surface area (Å²) in [5.41, 5.74) is 1.75. The number of hydrogen-bond acceptors (Lipinski definition) is 7. The fourth-order valence-corrected chi connectivity index (χ4v) is 2.96. The van der Waals surface area contributed by atoms with Crippen molar-refractivity contribution in [3.8, 4) is 0 Å². The van der Waals surface area contributed by atoms with E-state index in [0.717, 1.165) is 18.6 Å². The molecule has 1 aromatic carbocycles. The highest BCUT2D eigenvalue weighted by atomic mass is 16.6. The molecular formula is C21H33N3O4. The third-order valence-electron chi connectivity index (χ3n) is 4.28. The molecule has 0 amide bonds. The molecule has 0 heterocycles. The fraction of sp³-hybridized carbons (Fsp3) is 0.524. The average Bonchev–Trinajstić information content (AvgIpc) is 2.72. The number of oxime groups is 2. The van der Waals surface area contributed by atoms with Crippen LogP contribution >= 0.6 is 0 Å². The number of carbonyl (C=O) groups excluding carboxylic acids is 2. The number of rotatable bonds is 8. The van der Waals surface area contributed by atoms with Crippen molar-refractivity contribution in [3.63, 3.8) is 0 Å². The Hall–Kier alpha value is -2.54. The zero-order valence-corrected chi connectivity index (χ0v) is 17.4. The molecule has 0 saturated heterocycles. The molecule has 1 aliphatic rings. The van der Waals surface area contributed by atoms with Crippen molar-refractivity contribution in [2.45, 2.75) is 59.5 Å². The third kappa shape index (κ3) is 8.00. The van der Waals surface area contributed by atoms with E-state index in [-0.39, 0.29) is 12.8 Å². The first-order chi connectivity index (χ1) is 13.1. The van der Waals surface area contributed by atoms with Gasteiger partial charge < -0.3 is 15.8 Å².